The lowest BCUT2D eigenvalue weighted by Gasteiger charge is -2.27. The minimum atomic E-state index is -3.48. The standard InChI is InChI=1S/C18H28BN5O7P.C9H21NO3/c1-2-27-7-8-28-6-4-3-5-12-23-13-16(20)21-10-22-17(13)24(12)18-14(25)15-11(30-18)9-29-32(19,26)31-15;1-2-11-6-7-13-9-8-12-5-3-4-10/h10-11,14-15,18,25-26H,2-9H2,1H3,(H2,20,21,22);2-10H2,1H3/q+1;/t11-,14?,15-,18-,32?;/m1./s1. The summed E-state index contributed by atoms with van der Waals surface area (Å²) in [6, 6.07) is 0. The Bertz CT molecular complexity index is 1100. The second-order valence-electron chi connectivity index (χ2n) is 10.1. The van der Waals surface area contributed by atoms with Crippen LogP contribution >= 0.6 is 7.82 Å². The molecule has 0 bridgehead atoms. The number of fused-ring (bicyclic) bond motifs is 2. The molecule has 4 heterocycles. The number of aliphatic hydroxyl groups is 1. The highest BCUT2D eigenvalue weighted by Crippen LogP contribution is 2.58. The summed E-state index contributed by atoms with van der Waals surface area (Å²) in [5.41, 5.74) is 12.2. The molecule has 0 saturated carbocycles. The second-order valence-corrected chi connectivity index (χ2v) is 11.7. The lowest BCUT2D eigenvalue weighted by molar-refractivity contribution is -0.0611. The molecule has 2 aromatic heterocycles. The fourth-order valence-corrected chi connectivity index (χ4v) is 5.65. The molecule has 16 nitrogen and oxygen atoms in total. The number of aryl methyl sites for hydroxylation is 1. The predicted molar refractivity (Wildman–Crippen MR) is 167 cm³/mol. The Morgan fingerprint density at radius 3 is 2.22 bits per heavy atom. The van der Waals surface area contributed by atoms with Crippen molar-refractivity contribution in [1.82, 2.24) is 19.5 Å². The molecule has 2 unspecified atom stereocenters. The zero-order chi connectivity index (χ0) is 32.5. The third-order valence-electron chi connectivity index (χ3n) is 6.79. The van der Waals surface area contributed by atoms with Crippen molar-refractivity contribution in [1.29, 1.82) is 0 Å². The lowest BCUT2D eigenvalue weighted by Crippen LogP contribution is -2.40. The minimum Gasteiger partial charge on any atom is -0.385 e. The van der Waals surface area contributed by atoms with E-state index in [1.807, 2.05) is 13.8 Å². The van der Waals surface area contributed by atoms with Crippen LogP contribution in [0.1, 0.15) is 45.2 Å². The highest BCUT2D eigenvalue weighted by molar-refractivity contribution is 7.85. The molecule has 2 fully saturated rings. The van der Waals surface area contributed by atoms with E-state index in [9.17, 15) is 10.00 Å². The summed E-state index contributed by atoms with van der Waals surface area (Å²) in [5.74, 6) is 0.879. The molecule has 18 heteroatoms. The maximum atomic E-state index is 10.9. The zero-order valence-corrected chi connectivity index (χ0v) is 27.2. The summed E-state index contributed by atoms with van der Waals surface area (Å²) in [6.07, 6.45) is 1.03. The molecule has 0 amide bonds. The van der Waals surface area contributed by atoms with Crippen LogP contribution in [0.4, 0.5) is 5.82 Å². The number of aliphatic hydroxyl groups excluding tert-OH is 1. The number of aromatic nitrogens is 4. The second kappa shape index (κ2) is 20.6. The molecule has 5 atom stereocenters. The number of unbranched alkanes of at least 4 members (excludes halogenated alkanes) is 1. The molecular formula is C27H49BN6O10P+. The van der Waals surface area contributed by atoms with Crippen LogP contribution in [-0.4, -0.2) is 135 Å². The highest BCUT2D eigenvalue weighted by Gasteiger charge is 2.57. The third-order valence-corrected chi connectivity index (χ3v) is 7.86. The number of anilines is 1. The molecule has 0 aromatic carbocycles. The van der Waals surface area contributed by atoms with E-state index in [1.54, 1.807) is 4.57 Å². The van der Waals surface area contributed by atoms with Gasteiger partial charge in [0.2, 0.25) is 0 Å². The quantitative estimate of drug-likeness (QED) is 0.0876. The first-order chi connectivity index (χ1) is 21.8. The largest absolute Gasteiger partial charge is 0.488 e. The summed E-state index contributed by atoms with van der Waals surface area (Å²) in [6.45, 7) is 11.1. The number of hydrogen-bond donors (Lipinski definition) is 4. The molecule has 2 aromatic rings. The molecule has 6 N–H and O–H groups in total. The Morgan fingerprint density at radius 2 is 1.58 bits per heavy atom. The van der Waals surface area contributed by atoms with Crippen molar-refractivity contribution in [3.05, 3.63) is 12.2 Å². The summed E-state index contributed by atoms with van der Waals surface area (Å²) < 4.78 is 44.7. The van der Waals surface area contributed by atoms with Crippen LogP contribution in [0.3, 0.4) is 0 Å². The molecule has 4 rings (SSSR count). The first-order valence-corrected chi connectivity index (χ1v) is 17.1. The van der Waals surface area contributed by atoms with Gasteiger partial charge in [-0.05, 0) is 39.7 Å². The molecule has 0 aliphatic carbocycles. The topological polar surface area (TPSA) is 210 Å². The Balaban J connectivity index is 0.000000360. The summed E-state index contributed by atoms with van der Waals surface area (Å²) in [5, 5.41) is 10.9. The third kappa shape index (κ3) is 12.2. The first kappa shape index (κ1) is 37.9. The normalized spacial score (nSPS) is 24.5. The van der Waals surface area contributed by atoms with E-state index in [2.05, 4.69) is 15.0 Å². The van der Waals surface area contributed by atoms with Crippen LogP contribution in [0.2, 0.25) is 0 Å². The van der Waals surface area contributed by atoms with Crippen molar-refractivity contribution >= 4 is 32.4 Å². The molecule has 0 spiro atoms. The van der Waals surface area contributed by atoms with E-state index >= 15 is 0 Å². The summed E-state index contributed by atoms with van der Waals surface area (Å²) in [4.78, 5) is 22.9. The number of rotatable bonds is 20. The Hall–Kier alpha value is -1.60. The number of nitrogens with two attached hydrogens (primary N) is 2. The van der Waals surface area contributed by atoms with Gasteiger partial charge in [-0.15, -0.1) is 0 Å². The summed E-state index contributed by atoms with van der Waals surface area (Å²) in [7, 11) is 2.13. The van der Waals surface area contributed by atoms with Gasteiger partial charge in [0.15, 0.2) is 29.3 Å². The van der Waals surface area contributed by atoms with Crippen LogP contribution in [0.5, 0.6) is 0 Å². The van der Waals surface area contributed by atoms with E-state index in [1.165, 1.54) is 6.33 Å². The lowest BCUT2D eigenvalue weighted by atomic mass is 10.1. The van der Waals surface area contributed by atoms with Crippen molar-refractivity contribution in [2.24, 2.45) is 5.73 Å². The number of ether oxygens (including phenoxy) is 6. The van der Waals surface area contributed by atoms with E-state index in [0.29, 0.717) is 82.8 Å². The van der Waals surface area contributed by atoms with Gasteiger partial charge < -0.3 is 45.0 Å². The minimum absolute atomic E-state index is 0.0111. The molecule has 2 saturated heterocycles. The SMILES string of the molecule is CCOCCOCCOCCCN.[B][P+]1(O)OC[C@H]2O[C@@H](n3c(CCCCOCCOCC)nc4c(N)ncnc43)C(O)[C@@H]2O1. The maximum absolute atomic E-state index is 10.9. The van der Waals surface area contributed by atoms with Crippen molar-refractivity contribution in [3.63, 3.8) is 0 Å². The van der Waals surface area contributed by atoms with Crippen molar-refractivity contribution < 1.29 is 47.5 Å². The van der Waals surface area contributed by atoms with E-state index < -0.39 is 32.4 Å². The molecule has 2 aliphatic heterocycles. The van der Waals surface area contributed by atoms with Gasteiger partial charge in [0.1, 0.15) is 31.0 Å². The zero-order valence-electron chi connectivity index (χ0n) is 26.3. The van der Waals surface area contributed by atoms with Crippen LogP contribution in [-0.2, 0) is 43.9 Å². The Morgan fingerprint density at radius 1 is 0.956 bits per heavy atom. The van der Waals surface area contributed by atoms with Gasteiger partial charge >= 0.3 is 15.4 Å². The van der Waals surface area contributed by atoms with Gasteiger partial charge in [0.25, 0.3) is 0 Å². The molecule has 254 valence electrons. The first-order valence-electron chi connectivity index (χ1n) is 15.5. The predicted octanol–water partition coefficient (Wildman–Crippen LogP) is 0.701. The van der Waals surface area contributed by atoms with Gasteiger partial charge in [-0.1, -0.05) is 0 Å². The molecule has 45 heavy (non-hydrogen) atoms. The van der Waals surface area contributed by atoms with Gasteiger partial charge in [0, 0.05) is 32.8 Å². The number of nitrogens with zero attached hydrogens (tertiary/aromatic N) is 4. The summed E-state index contributed by atoms with van der Waals surface area (Å²) >= 11 is 0. The number of imidazole rings is 1. The van der Waals surface area contributed by atoms with Gasteiger partial charge in [0.05, 0.1) is 39.6 Å². The van der Waals surface area contributed by atoms with Crippen LogP contribution in [0.15, 0.2) is 6.33 Å². The van der Waals surface area contributed by atoms with Gasteiger partial charge in [-0.2, -0.15) is 9.05 Å². The fraction of sp³-hybridized carbons (Fsp3) is 0.815. The molecular weight excluding hydrogens is 610 g/mol. The van der Waals surface area contributed by atoms with Crippen molar-refractivity contribution in [3.8, 4) is 0 Å². The number of nitrogen functional groups attached to an aromatic ring is 1. The maximum Gasteiger partial charge on any atom is 0.488 e. The Labute approximate surface area is 266 Å². The Kier molecular flexibility index (Phi) is 17.3. The average molecular weight is 660 g/mol. The van der Waals surface area contributed by atoms with E-state index in [-0.39, 0.29) is 12.4 Å². The molecule has 2 radical (unpaired) electrons. The van der Waals surface area contributed by atoms with Gasteiger partial charge in [-0.3, -0.25) is 4.57 Å². The van der Waals surface area contributed by atoms with Crippen molar-refractivity contribution in [2.45, 2.75) is 64.1 Å². The van der Waals surface area contributed by atoms with E-state index in [0.717, 1.165) is 32.5 Å². The average Bonchev–Trinajstić information content (AvgIpc) is 3.54. The smallest absolute Gasteiger partial charge is 0.385 e. The molecule has 2 aliphatic rings. The van der Waals surface area contributed by atoms with Crippen LogP contribution in [0, 0.1) is 0 Å². The fourth-order valence-electron chi connectivity index (χ4n) is 4.62. The highest BCUT2D eigenvalue weighted by atomic mass is 31.2. The monoisotopic (exact) mass is 659 g/mol. The van der Waals surface area contributed by atoms with Gasteiger partial charge in [-0.25, -0.2) is 19.8 Å². The number of hydrogen-bond acceptors (Lipinski definition) is 15. The van der Waals surface area contributed by atoms with Crippen LogP contribution < -0.4 is 11.5 Å². The van der Waals surface area contributed by atoms with Crippen molar-refractivity contribution in [2.75, 3.05) is 85.0 Å². The van der Waals surface area contributed by atoms with E-state index in [4.69, 9.17) is 56.5 Å². The van der Waals surface area contributed by atoms with Crippen LogP contribution in [0.25, 0.3) is 11.2 Å².